The van der Waals surface area contributed by atoms with E-state index in [0.29, 0.717) is 0 Å². The number of nitrogen functional groups attached to an aromatic ring is 1. The molecule has 2 aromatic carbocycles. The van der Waals surface area contributed by atoms with Crippen molar-refractivity contribution in [3.63, 3.8) is 0 Å². The third-order valence-corrected chi connectivity index (χ3v) is 4.05. The van der Waals surface area contributed by atoms with Crippen LogP contribution in [0.1, 0.15) is 5.56 Å². The number of imidazole rings is 1. The van der Waals surface area contributed by atoms with E-state index in [4.69, 9.17) is 5.73 Å². The fourth-order valence-electron chi connectivity index (χ4n) is 2.82. The van der Waals surface area contributed by atoms with Crippen molar-refractivity contribution < 1.29 is 0 Å². The van der Waals surface area contributed by atoms with Gasteiger partial charge in [0.15, 0.2) is 5.65 Å². The van der Waals surface area contributed by atoms with Gasteiger partial charge in [0.2, 0.25) is 0 Å². The minimum absolute atomic E-state index is 0.732. The molecule has 0 spiro atoms. The maximum atomic E-state index is 5.86. The van der Waals surface area contributed by atoms with E-state index in [-0.39, 0.29) is 0 Å². The Bertz CT molecular complexity index is 1000. The van der Waals surface area contributed by atoms with E-state index < -0.39 is 0 Å². The van der Waals surface area contributed by atoms with Gasteiger partial charge in [0.1, 0.15) is 0 Å². The third-order valence-electron chi connectivity index (χ3n) is 4.05. The van der Waals surface area contributed by atoms with E-state index in [1.165, 1.54) is 5.56 Å². The quantitative estimate of drug-likeness (QED) is 0.542. The average molecular weight is 314 g/mol. The van der Waals surface area contributed by atoms with Crippen LogP contribution in [0.25, 0.3) is 16.9 Å². The fourth-order valence-corrected chi connectivity index (χ4v) is 2.82. The van der Waals surface area contributed by atoms with Crippen molar-refractivity contribution in [2.24, 2.45) is 0 Å². The Kier molecular flexibility index (Phi) is 3.43. The highest BCUT2D eigenvalue weighted by molar-refractivity contribution is 5.77. The first-order valence-electron chi connectivity index (χ1n) is 7.86. The van der Waals surface area contributed by atoms with Gasteiger partial charge in [0, 0.05) is 23.1 Å². The Balaban J connectivity index is 1.77. The highest BCUT2D eigenvalue weighted by atomic mass is 15.0. The molecule has 4 heteroatoms. The lowest BCUT2D eigenvalue weighted by atomic mass is 10.1. The van der Waals surface area contributed by atoms with E-state index in [9.17, 15) is 0 Å². The summed E-state index contributed by atoms with van der Waals surface area (Å²) in [6.07, 6.45) is 3.94. The van der Waals surface area contributed by atoms with Gasteiger partial charge in [0.25, 0.3) is 0 Å². The Labute approximate surface area is 140 Å². The number of aryl methyl sites for hydroxylation is 1. The number of aromatic nitrogens is 2. The van der Waals surface area contributed by atoms with Crippen LogP contribution in [0.3, 0.4) is 0 Å². The highest BCUT2D eigenvalue weighted by Crippen LogP contribution is 2.27. The molecule has 0 radical (unpaired) electrons. The zero-order valence-corrected chi connectivity index (χ0v) is 13.4. The number of fused-ring (bicyclic) bond motifs is 1. The van der Waals surface area contributed by atoms with Gasteiger partial charge in [-0.15, -0.1) is 0 Å². The first-order chi connectivity index (χ1) is 11.7. The number of nitrogens with one attached hydrogen (secondary N) is 1. The van der Waals surface area contributed by atoms with Crippen molar-refractivity contribution in [1.82, 2.24) is 9.38 Å². The molecule has 0 saturated carbocycles. The van der Waals surface area contributed by atoms with Crippen LogP contribution in [-0.4, -0.2) is 9.38 Å². The molecule has 0 amide bonds. The summed E-state index contributed by atoms with van der Waals surface area (Å²) in [5.41, 5.74) is 12.8. The summed E-state index contributed by atoms with van der Waals surface area (Å²) in [5.74, 6) is 0. The number of hydrogen-bond donors (Lipinski definition) is 2. The first kappa shape index (κ1) is 14.3. The molecule has 0 aliphatic rings. The van der Waals surface area contributed by atoms with Crippen LogP contribution < -0.4 is 11.1 Å². The molecule has 0 saturated heterocycles. The van der Waals surface area contributed by atoms with Crippen LogP contribution in [0.5, 0.6) is 0 Å². The normalized spacial score (nSPS) is 10.9. The molecular formula is C20H18N4. The number of hydrogen-bond acceptors (Lipinski definition) is 3. The number of anilines is 3. The summed E-state index contributed by atoms with van der Waals surface area (Å²) < 4.78 is 2.10. The molecule has 118 valence electrons. The molecule has 2 aromatic heterocycles. The first-order valence-corrected chi connectivity index (χ1v) is 7.86. The lowest BCUT2D eigenvalue weighted by Gasteiger charge is -2.09. The molecule has 0 unspecified atom stereocenters. The molecule has 4 nitrogen and oxygen atoms in total. The van der Waals surface area contributed by atoms with E-state index in [0.717, 1.165) is 34.0 Å². The Hall–Kier alpha value is -3.27. The minimum Gasteiger partial charge on any atom is -0.399 e. The largest absolute Gasteiger partial charge is 0.399 e. The van der Waals surface area contributed by atoms with E-state index in [1.807, 2.05) is 48.8 Å². The van der Waals surface area contributed by atoms with Gasteiger partial charge in [-0.05, 0) is 37.3 Å². The third kappa shape index (κ3) is 2.58. The predicted octanol–water partition coefficient (Wildman–Crippen LogP) is 4.64. The van der Waals surface area contributed by atoms with Crippen molar-refractivity contribution >= 4 is 22.7 Å². The zero-order valence-electron chi connectivity index (χ0n) is 13.4. The van der Waals surface area contributed by atoms with Crippen molar-refractivity contribution in [2.75, 3.05) is 11.1 Å². The maximum Gasteiger partial charge on any atom is 0.161 e. The maximum absolute atomic E-state index is 5.86. The fraction of sp³-hybridized carbons (Fsp3) is 0.0500. The second-order valence-electron chi connectivity index (χ2n) is 5.88. The van der Waals surface area contributed by atoms with Crippen LogP contribution in [0, 0.1) is 6.92 Å². The summed E-state index contributed by atoms with van der Waals surface area (Å²) >= 11 is 0. The van der Waals surface area contributed by atoms with Crippen molar-refractivity contribution in [3.05, 3.63) is 78.6 Å². The van der Waals surface area contributed by atoms with Crippen LogP contribution in [0.4, 0.5) is 17.1 Å². The Morgan fingerprint density at radius 3 is 2.62 bits per heavy atom. The van der Waals surface area contributed by atoms with Crippen LogP contribution in [-0.2, 0) is 0 Å². The average Bonchev–Trinajstić information content (AvgIpc) is 3.01. The van der Waals surface area contributed by atoms with E-state index >= 15 is 0 Å². The molecule has 0 aliphatic carbocycles. The molecule has 0 bridgehead atoms. The molecule has 0 aliphatic heterocycles. The van der Waals surface area contributed by atoms with E-state index in [2.05, 4.69) is 45.9 Å². The van der Waals surface area contributed by atoms with Crippen molar-refractivity contribution in [2.45, 2.75) is 6.92 Å². The van der Waals surface area contributed by atoms with Gasteiger partial charge >= 0.3 is 0 Å². The highest BCUT2D eigenvalue weighted by Gasteiger charge is 2.09. The van der Waals surface area contributed by atoms with Gasteiger partial charge in [-0.1, -0.05) is 35.9 Å². The smallest absolute Gasteiger partial charge is 0.161 e. The summed E-state index contributed by atoms with van der Waals surface area (Å²) in [4.78, 5) is 4.61. The van der Waals surface area contributed by atoms with Gasteiger partial charge < -0.3 is 11.1 Å². The number of pyridine rings is 1. The number of benzene rings is 2. The van der Waals surface area contributed by atoms with Gasteiger partial charge in [-0.3, -0.25) is 4.40 Å². The number of rotatable bonds is 3. The molecule has 2 heterocycles. The van der Waals surface area contributed by atoms with E-state index in [1.54, 1.807) is 0 Å². The molecule has 4 rings (SSSR count). The summed E-state index contributed by atoms with van der Waals surface area (Å²) in [6.45, 7) is 2.09. The monoisotopic (exact) mass is 314 g/mol. The molecule has 0 atom stereocenters. The lowest BCUT2D eigenvalue weighted by Crippen LogP contribution is -1.96. The van der Waals surface area contributed by atoms with Crippen LogP contribution in [0.15, 0.2) is 73.1 Å². The van der Waals surface area contributed by atoms with Crippen LogP contribution >= 0.6 is 0 Å². The van der Waals surface area contributed by atoms with Gasteiger partial charge in [-0.2, -0.15) is 0 Å². The zero-order chi connectivity index (χ0) is 16.5. The Morgan fingerprint density at radius 2 is 1.83 bits per heavy atom. The summed E-state index contributed by atoms with van der Waals surface area (Å²) in [6, 6.07) is 20.2. The van der Waals surface area contributed by atoms with Gasteiger partial charge in [0.05, 0.1) is 17.6 Å². The minimum atomic E-state index is 0.732. The summed E-state index contributed by atoms with van der Waals surface area (Å²) in [7, 11) is 0. The molecular weight excluding hydrogens is 296 g/mol. The molecule has 0 fully saturated rings. The molecule has 3 N–H and O–H groups in total. The number of nitrogens with zero attached hydrogens (tertiary/aromatic N) is 2. The second-order valence-corrected chi connectivity index (χ2v) is 5.88. The Morgan fingerprint density at radius 1 is 1.00 bits per heavy atom. The van der Waals surface area contributed by atoms with Crippen molar-refractivity contribution in [3.8, 4) is 11.3 Å². The standard InChI is InChI=1S/C20H18N4/c1-14-7-9-15(10-8-14)19-13-22-20-18(6-3-11-24(19)20)23-17-5-2-4-16(21)12-17/h2-13,23H,21H2,1H3. The van der Waals surface area contributed by atoms with Gasteiger partial charge in [-0.25, -0.2) is 4.98 Å². The van der Waals surface area contributed by atoms with Crippen molar-refractivity contribution in [1.29, 1.82) is 0 Å². The topological polar surface area (TPSA) is 55.3 Å². The number of nitrogens with two attached hydrogens (primary N) is 1. The predicted molar refractivity (Wildman–Crippen MR) is 99.5 cm³/mol. The van der Waals surface area contributed by atoms with Crippen LogP contribution in [0.2, 0.25) is 0 Å². The molecule has 24 heavy (non-hydrogen) atoms. The lowest BCUT2D eigenvalue weighted by molar-refractivity contribution is 1.19. The second kappa shape index (κ2) is 5.74. The molecule has 4 aromatic rings. The SMILES string of the molecule is Cc1ccc(-c2cnc3c(Nc4cccc(N)c4)cccn23)cc1. The summed E-state index contributed by atoms with van der Waals surface area (Å²) in [5, 5.41) is 3.40.